The topological polar surface area (TPSA) is 64.4 Å². The number of anilines is 1. The van der Waals surface area contributed by atoms with Crippen molar-refractivity contribution >= 4 is 11.4 Å². The number of non-ortho nitro benzene ring substituents is 1. The first-order chi connectivity index (χ1) is 9.92. The molecule has 0 aliphatic heterocycles. The molecule has 0 bridgehead atoms. The number of nitro benzene ring substituents is 1. The van der Waals surface area contributed by atoms with Crippen LogP contribution in [0.15, 0.2) is 18.2 Å². The van der Waals surface area contributed by atoms with E-state index < -0.39 is 0 Å². The van der Waals surface area contributed by atoms with Crippen molar-refractivity contribution in [1.82, 2.24) is 0 Å². The second kappa shape index (κ2) is 6.33. The third-order valence-corrected chi connectivity index (χ3v) is 4.17. The highest BCUT2D eigenvalue weighted by molar-refractivity contribution is 5.57. The molecular weight excluding hydrogens is 268 g/mol. The Labute approximate surface area is 125 Å². The summed E-state index contributed by atoms with van der Waals surface area (Å²) in [5, 5.41) is 14.5. The molecule has 0 aromatic heterocycles. The van der Waals surface area contributed by atoms with Crippen LogP contribution in [0.5, 0.6) is 5.75 Å². The highest BCUT2D eigenvalue weighted by Gasteiger charge is 2.34. The first-order valence-electron chi connectivity index (χ1n) is 7.61. The van der Waals surface area contributed by atoms with Crippen LogP contribution >= 0.6 is 0 Å². The molecule has 1 atom stereocenters. The summed E-state index contributed by atoms with van der Waals surface area (Å²) in [4.78, 5) is 10.7. The number of nitro groups is 1. The summed E-state index contributed by atoms with van der Waals surface area (Å²) in [7, 11) is 0. The van der Waals surface area contributed by atoms with E-state index in [0.717, 1.165) is 18.5 Å². The van der Waals surface area contributed by atoms with Gasteiger partial charge in [-0.1, -0.05) is 27.2 Å². The molecule has 5 nitrogen and oxygen atoms in total. The van der Waals surface area contributed by atoms with Crippen LogP contribution in [0.25, 0.3) is 0 Å². The number of nitrogens with zero attached hydrogens (tertiary/aromatic N) is 1. The summed E-state index contributed by atoms with van der Waals surface area (Å²) in [6.07, 6.45) is 4.35. The molecule has 1 aromatic carbocycles. The van der Waals surface area contributed by atoms with Crippen LogP contribution in [-0.4, -0.2) is 17.6 Å². The Kier molecular flexibility index (Phi) is 4.70. The molecule has 0 radical (unpaired) electrons. The Hall–Kier alpha value is -1.78. The van der Waals surface area contributed by atoms with E-state index in [1.807, 2.05) is 13.0 Å². The van der Waals surface area contributed by atoms with Gasteiger partial charge in [0.05, 0.1) is 17.6 Å². The quantitative estimate of drug-likeness (QED) is 0.624. The molecule has 116 valence electrons. The molecule has 1 N–H and O–H groups in total. The van der Waals surface area contributed by atoms with Crippen LogP contribution in [0.1, 0.15) is 46.5 Å². The van der Waals surface area contributed by atoms with E-state index in [1.54, 1.807) is 6.07 Å². The van der Waals surface area contributed by atoms with Crippen molar-refractivity contribution in [2.45, 2.75) is 52.5 Å². The molecule has 1 unspecified atom stereocenters. The second-order valence-corrected chi connectivity index (χ2v) is 6.40. The van der Waals surface area contributed by atoms with Gasteiger partial charge in [-0.2, -0.15) is 0 Å². The lowest BCUT2D eigenvalue weighted by atomic mass is 9.87. The molecule has 21 heavy (non-hydrogen) atoms. The molecule has 1 aliphatic rings. The lowest BCUT2D eigenvalue weighted by Crippen LogP contribution is -2.30. The Morgan fingerprint density at radius 1 is 1.43 bits per heavy atom. The van der Waals surface area contributed by atoms with E-state index in [0.29, 0.717) is 18.4 Å². The zero-order valence-electron chi connectivity index (χ0n) is 13.0. The minimum atomic E-state index is -0.371. The second-order valence-electron chi connectivity index (χ2n) is 6.40. The van der Waals surface area contributed by atoms with E-state index in [2.05, 4.69) is 19.2 Å². The van der Waals surface area contributed by atoms with Crippen LogP contribution in [0.3, 0.4) is 0 Å². The highest BCUT2D eigenvalue weighted by Crippen LogP contribution is 2.39. The number of hydrogen-bond acceptors (Lipinski definition) is 4. The summed E-state index contributed by atoms with van der Waals surface area (Å²) in [6, 6.07) is 5.28. The molecule has 1 fully saturated rings. The van der Waals surface area contributed by atoms with Gasteiger partial charge in [-0.05, 0) is 24.7 Å². The molecule has 5 heteroatoms. The van der Waals surface area contributed by atoms with Crippen LogP contribution in [0, 0.1) is 15.5 Å². The number of benzene rings is 1. The smallest absolute Gasteiger partial charge is 0.275 e. The van der Waals surface area contributed by atoms with Crippen molar-refractivity contribution in [3.8, 4) is 5.75 Å². The molecule has 1 saturated carbocycles. The first-order valence-corrected chi connectivity index (χ1v) is 7.61. The Balaban J connectivity index is 2.21. The van der Waals surface area contributed by atoms with Crippen LogP contribution in [0.2, 0.25) is 0 Å². The molecule has 1 aromatic rings. The van der Waals surface area contributed by atoms with Crippen LogP contribution in [0.4, 0.5) is 11.4 Å². The maximum atomic E-state index is 11.1. The third kappa shape index (κ3) is 3.86. The average Bonchev–Trinajstić information content (AvgIpc) is 2.75. The third-order valence-electron chi connectivity index (χ3n) is 4.17. The van der Waals surface area contributed by atoms with Crippen molar-refractivity contribution in [2.75, 3.05) is 11.9 Å². The van der Waals surface area contributed by atoms with Crippen LogP contribution < -0.4 is 10.1 Å². The molecule has 0 amide bonds. The minimum absolute atomic E-state index is 0.0712. The van der Waals surface area contributed by atoms with E-state index in [-0.39, 0.29) is 16.0 Å². The normalized spacial score (nSPS) is 20.2. The van der Waals surface area contributed by atoms with Gasteiger partial charge in [-0.15, -0.1) is 0 Å². The lowest BCUT2D eigenvalue weighted by Gasteiger charge is -2.28. The van der Waals surface area contributed by atoms with Gasteiger partial charge in [0.1, 0.15) is 5.75 Å². The Morgan fingerprint density at radius 3 is 2.76 bits per heavy atom. The fourth-order valence-electron chi connectivity index (χ4n) is 2.87. The van der Waals surface area contributed by atoms with Gasteiger partial charge in [-0.3, -0.25) is 10.1 Å². The predicted octanol–water partition coefficient (Wildman–Crippen LogP) is 4.37. The molecular formula is C16H24N2O3. The van der Waals surface area contributed by atoms with Gasteiger partial charge in [0.2, 0.25) is 0 Å². The number of rotatable bonds is 6. The van der Waals surface area contributed by atoms with E-state index in [1.165, 1.54) is 18.9 Å². The van der Waals surface area contributed by atoms with Crippen molar-refractivity contribution < 1.29 is 9.66 Å². The van der Waals surface area contributed by atoms with Crippen molar-refractivity contribution in [1.29, 1.82) is 0 Å². The highest BCUT2D eigenvalue weighted by atomic mass is 16.6. The summed E-state index contributed by atoms with van der Waals surface area (Å²) >= 11 is 0. The number of ether oxygens (including phenoxy) is 1. The maximum Gasteiger partial charge on any atom is 0.275 e. The molecule has 1 aliphatic carbocycles. The largest absolute Gasteiger partial charge is 0.493 e. The van der Waals surface area contributed by atoms with E-state index in [9.17, 15) is 10.1 Å². The fourth-order valence-corrected chi connectivity index (χ4v) is 2.87. The predicted molar refractivity (Wildman–Crippen MR) is 83.9 cm³/mol. The lowest BCUT2D eigenvalue weighted by molar-refractivity contribution is -0.384. The maximum absolute atomic E-state index is 11.1. The van der Waals surface area contributed by atoms with Gasteiger partial charge in [-0.25, -0.2) is 0 Å². The Morgan fingerprint density at radius 2 is 2.19 bits per heavy atom. The monoisotopic (exact) mass is 292 g/mol. The van der Waals surface area contributed by atoms with Crippen molar-refractivity contribution in [2.24, 2.45) is 5.41 Å². The summed E-state index contributed by atoms with van der Waals surface area (Å²) < 4.78 is 5.56. The fraction of sp³-hybridized carbons (Fsp3) is 0.625. The summed E-state index contributed by atoms with van der Waals surface area (Å²) in [6.45, 7) is 7.06. The molecule has 0 saturated heterocycles. The van der Waals surface area contributed by atoms with Crippen LogP contribution in [-0.2, 0) is 0 Å². The number of hydrogen-bond donors (Lipinski definition) is 1. The van der Waals surface area contributed by atoms with E-state index >= 15 is 0 Å². The minimum Gasteiger partial charge on any atom is -0.493 e. The van der Waals surface area contributed by atoms with Crippen molar-refractivity contribution in [3.63, 3.8) is 0 Å². The number of nitrogens with one attached hydrogen (secondary N) is 1. The first kappa shape index (κ1) is 15.6. The zero-order chi connectivity index (χ0) is 15.5. The molecule has 0 heterocycles. The zero-order valence-corrected chi connectivity index (χ0v) is 13.0. The van der Waals surface area contributed by atoms with Gasteiger partial charge in [0.15, 0.2) is 0 Å². The molecule has 2 rings (SSSR count). The molecule has 0 spiro atoms. The summed E-state index contributed by atoms with van der Waals surface area (Å²) in [5.41, 5.74) is 1.06. The summed E-state index contributed by atoms with van der Waals surface area (Å²) in [5.74, 6) is 0.560. The Bertz CT molecular complexity index is 514. The SMILES string of the molecule is CCCOc1cc(NC2CCCC2(C)C)cc([N+](=O)[O-])c1. The van der Waals surface area contributed by atoms with Gasteiger partial charge in [0, 0.05) is 23.9 Å². The standard InChI is InChI=1S/C16H24N2O3/c1-4-8-21-14-10-12(9-13(11-14)18(19)20)17-15-6-5-7-16(15,2)3/h9-11,15,17H,4-8H2,1-3H3. The van der Waals surface area contributed by atoms with Gasteiger partial charge < -0.3 is 10.1 Å². The van der Waals surface area contributed by atoms with Gasteiger partial charge in [0.25, 0.3) is 5.69 Å². The van der Waals surface area contributed by atoms with E-state index in [4.69, 9.17) is 4.74 Å². The average molecular weight is 292 g/mol. The van der Waals surface area contributed by atoms with Crippen molar-refractivity contribution in [3.05, 3.63) is 28.3 Å². The van der Waals surface area contributed by atoms with Gasteiger partial charge >= 0.3 is 0 Å².